The highest BCUT2D eigenvalue weighted by Crippen LogP contribution is 2.40. The van der Waals surface area contributed by atoms with Gasteiger partial charge in [-0.15, -0.1) is 5.10 Å². The van der Waals surface area contributed by atoms with Crippen molar-refractivity contribution in [3.63, 3.8) is 0 Å². The number of hydrogen-bond donors (Lipinski definition) is 0. The molecule has 1 heterocycles. The van der Waals surface area contributed by atoms with Crippen molar-refractivity contribution in [2.45, 2.75) is 25.2 Å². The van der Waals surface area contributed by atoms with Crippen LogP contribution in [0, 0.1) is 0 Å². The van der Waals surface area contributed by atoms with E-state index in [1.54, 1.807) is 6.20 Å². The first-order chi connectivity index (χ1) is 5.79. The van der Waals surface area contributed by atoms with E-state index in [-0.39, 0.29) is 0 Å². The van der Waals surface area contributed by atoms with Gasteiger partial charge in [0, 0.05) is 0 Å². The number of hydrogen-bond acceptors (Lipinski definition) is 2. The first-order valence-corrected chi connectivity index (χ1v) is 4.71. The summed E-state index contributed by atoms with van der Waals surface area (Å²) in [7, 11) is 0. The van der Waals surface area contributed by atoms with Gasteiger partial charge in [-0.05, 0) is 24.3 Å². The summed E-state index contributed by atoms with van der Waals surface area (Å²) < 4.78 is 0. The van der Waals surface area contributed by atoms with Gasteiger partial charge in [0.25, 0.3) is 0 Å². The van der Waals surface area contributed by atoms with Crippen molar-refractivity contribution in [3.05, 3.63) is 21.9 Å². The first kappa shape index (κ1) is 8.27. The summed E-state index contributed by atoms with van der Waals surface area (Å²) in [5, 5.41) is 8.35. The SMILES string of the molecule is Clc1nncc(C2CCC2)c1Cl. The van der Waals surface area contributed by atoms with Crippen LogP contribution in [0.15, 0.2) is 6.20 Å². The zero-order chi connectivity index (χ0) is 8.55. The van der Waals surface area contributed by atoms with Crippen molar-refractivity contribution in [2.24, 2.45) is 0 Å². The molecular formula is C8H8Cl2N2. The van der Waals surface area contributed by atoms with Crippen LogP contribution in [0.2, 0.25) is 10.2 Å². The molecule has 1 aromatic heterocycles. The van der Waals surface area contributed by atoms with Gasteiger partial charge in [0.15, 0.2) is 5.15 Å². The maximum atomic E-state index is 5.97. The van der Waals surface area contributed by atoms with E-state index < -0.39 is 0 Å². The smallest absolute Gasteiger partial charge is 0.157 e. The number of nitrogens with zero attached hydrogens (tertiary/aromatic N) is 2. The van der Waals surface area contributed by atoms with E-state index in [4.69, 9.17) is 23.2 Å². The lowest BCUT2D eigenvalue weighted by molar-refractivity contribution is 0.418. The van der Waals surface area contributed by atoms with Gasteiger partial charge in [0.05, 0.1) is 11.2 Å². The second-order valence-electron chi connectivity index (χ2n) is 3.03. The standard InChI is InChI=1S/C8H8Cl2N2/c9-7-6(5-2-1-3-5)4-11-12-8(7)10/h4-5H,1-3H2. The van der Waals surface area contributed by atoms with Crippen LogP contribution in [0.1, 0.15) is 30.7 Å². The minimum atomic E-state index is 0.320. The second kappa shape index (κ2) is 3.19. The summed E-state index contributed by atoms with van der Waals surface area (Å²) in [6, 6.07) is 0. The van der Waals surface area contributed by atoms with E-state index in [0.717, 1.165) is 5.56 Å². The molecule has 4 heteroatoms. The molecule has 0 atom stereocenters. The predicted octanol–water partition coefficient (Wildman–Crippen LogP) is 3.05. The van der Waals surface area contributed by atoms with Crippen molar-refractivity contribution < 1.29 is 0 Å². The fourth-order valence-electron chi connectivity index (χ4n) is 1.37. The maximum absolute atomic E-state index is 5.97. The summed E-state index contributed by atoms with van der Waals surface area (Å²) in [6.45, 7) is 0. The van der Waals surface area contributed by atoms with Crippen molar-refractivity contribution >= 4 is 23.2 Å². The van der Waals surface area contributed by atoms with E-state index in [1.165, 1.54) is 19.3 Å². The molecular weight excluding hydrogens is 195 g/mol. The molecule has 0 spiro atoms. The van der Waals surface area contributed by atoms with Gasteiger partial charge in [-0.25, -0.2) is 0 Å². The van der Waals surface area contributed by atoms with Crippen LogP contribution in [-0.2, 0) is 0 Å². The van der Waals surface area contributed by atoms with Gasteiger partial charge in [0.2, 0.25) is 0 Å². The first-order valence-electron chi connectivity index (χ1n) is 3.95. The van der Waals surface area contributed by atoms with Crippen LogP contribution in [-0.4, -0.2) is 10.2 Å². The lowest BCUT2D eigenvalue weighted by atomic mass is 9.81. The van der Waals surface area contributed by atoms with Crippen LogP contribution in [0.3, 0.4) is 0 Å². The Hall–Kier alpha value is -0.340. The molecule has 0 radical (unpaired) electrons. The Labute approximate surface area is 80.9 Å². The second-order valence-corrected chi connectivity index (χ2v) is 3.77. The van der Waals surface area contributed by atoms with E-state index in [9.17, 15) is 0 Å². The molecule has 0 N–H and O–H groups in total. The zero-order valence-corrected chi connectivity index (χ0v) is 7.94. The minimum absolute atomic E-state index is 0.320. The molecule has 1 aliphatic carbocycles. The fourth-order valence-corrected chi connectivity index (χ4v) is 1.76. The Kier molecular flexibility index (Phi) is 2.20. The summed E-state index contributed by atoms with van der Waals surface area (Å²) in [4.78, 5) is 0. The molecule has 12 heavy (non-hydrogen) atoms. The van der Waals surface area contributed by atoms with Gasteiger partial charge in [-0.1, -0.05) is 29.6 Å². The molecule has 2 nitrogen and oxygen atoms in total. The number of rotatable bonds is 1. The van der Waals surface area contributed by atoms with E-state index >= 15 is 0 Å². The average molecular weight is 203 g/mol. The molecule has 1 aromatic rings. The Bertz CT molecular complexity index is 297. The molecule has 0 aliphatic heterocycles. The molecule has 0 amide bonds. The van der Waals surface area contributed by atoms with E-state index in [0.29, 0.717) is 16.1 Å². The average Bonchev–Trinajstić information content (AvgIpc) is 1.95. The number of halogens is 2. The third kappa shape index (κ3) is 1.29. The molecule has 0 unspecified atom stereocenters. The quantitative estimate of drug-likeness (QED) is 0.700. The van der Waals surface area contributed by atoms with Crippen LogP contribution >= 0.6 is 23.2 Å². The largest absolute Gasteiger partial charge is 0.170 e. The highest BCUT2D eigenvalue weighted by atomic mass is 35.5. The highest BCUT2D eigenvalue weighted by molar-refractivity contribution is 6.41. The molecule has 0 saturated heterocycles. The summed E-state index contributed by atoms with van der Waals surface area (Å²) >= 11 is 11.7. The van der Waals surface area contributed by atoms with Crippen molar-refractivity contribution in [1.82, 2.24) is 10.2 Å². The predicted molar refractivity (Wildman–Crippen MR) is 48.6 cm³/mol. The summed E-state index contributed by atoms with van der Waals surface area (Å²) in [6.07, 6.45) is 5.39. The Balaban J connectivity index is 2.36. The zero-order valence-electron chi connectivity index (χ0n) is 6.43. The Morgan fingerprint density at radius 3 is 2.67 bits per heavy atom. The van der Waals surface area contributed by atoms with Crippen molar-refractivity contribution in [2.75, 3.05) is 0 Å². The van der Waals surface area contributed by atoms with Crippen LogP contribution in [0.4, 0.5) is 0 Å². The van der Waals surface area contributed by atoms with Crippen molar-refractivity contribution in [1.29, 1.82) is 0 Å². The molecule has 64 valence electrons. The summed E-state index contributed by atoms with van der Waals surface area (Å²) in [5.41, 5.74) is 1.06. The molecule has 0 aromatic carbocycles. The Morgan fingerprint density at radius 1 is 1.33 bits per heavy atom. The van der Waals surface area contributed by atoms with E-state index in [1.807, 2.05) is 0 Å². The fraction of sp³-hybridized carbons (Fsp3) is 0.500. The highest BCUT2D eigenvalue weighted by Gasteiger charge is 2.23. The third-order valence-corrected chi connectivity index (χ3v) is 3.08. The molecule has 1 saturated carbocycles. The molecule has 1 aliphatic rings. The molecule has 1 fully saturated rings. The summed E-state index contributed by atoms with van der Waals surface area (Å²) in [5.74, 6) is 0.561. The topological polar surface area (TPSA) is 25.8 Å². The van der Waals surface area contributed by atoms with Gasteiger partial charge >= 0.3 is 0 Å². The molecule has 0 bridgehead atoms. The lowest BCUT2D eigenvalue weighted by Crippen LogP contribution is -2.10. The van der Waals surface area contributed by atoms with E-state index in [2.05, 4.69) is 10.2 Å². The van der Waals surface area contributed by atoms with Gasteiger partial charge < -0.3 is 0 Å². The monoisotopic (exact) mass is 202 g/mol. The maximum Gasteiger partial charge on any atom is 0.170 e. The number of aromatic nitrogens is 2. The van der Waals surface area contributed by atoms with Crippen LogP contribution in [0.5, 0.6) is 0 Å². The van der Waals surface area contributed by atoms with Gasteiger partial charge in [0.1, 0.15) is 0 Å². The van der Waals surface area contributed by atoms with Crippen molar-refractivity contribution in [3.8, 4) is 0 Å². The van der Waals surface area contributed by atoms with Gasteiger partial charge in [-0.3, -0.25) is 0 Å². The molecule has 2 rings (SSSR count). The van der Waals surface area contributed by atoms with Crippen LogP contribution < -0.4 is 0 Å². The van der Waals surface area contributed by atoms with Gasteiger partial charge in [-0.2, -0.15) is 5.10 Å². The Morgan fingerprint density at radius 2 is 2.08 bits per heavy atom. The lowest BCUT2D eigenvalue weighted by Gasteiger charge is -2.25. The van der Waals surface area contributed by atoms with Crippen LogP contribution in [0.25, 0.3) is 0 Å². The minimum Gasteiger partial charge on any atom is -0.157 e. The normalized spacial score (nSPS) is 17.5. The third-order valence-electron chi connectivity index (χ3n) is 2.32.